The summed E-state index contributed by atoms with van der Waals surface area (Å²) in [7, 11) is 4.41. The standard InChI is InChI=1S/C34H73N7/c1-5-7-9-11-13-15-17-19-21-23-29-40(3)31-25-27-37-33(35)39-34(36)38-28-26-32-41(4)30-24-22-20-18-16-14-12-10-8-6-2/h5-32H2,1-4H3,(H5,35,36,37,38,39). The molecule has 7 nitrogen and oxygen atoms in total. The summed E-state index contributed by atoms with van der Waals surface area (Å²) >= 11 is 0. The van der Waals surface area contributed by atoms with E-state index in [1.807, 2.05) is 0 Å². The van der Waals surface area contributed by atoms with Crippen LogP contribution in [0.2, 0.25) is 0 Å². The zero-order valence-corrected chi connectivity index (χ0v) is 28.2. The van der Waals surface area contributed by atoms with Gasteiger partial charge in [-0.05, 0) is 66.0 Å². The summed E-state index contributed by atoms with van der Waals surface area (Å²) in [5, 5.41) is 2.93. The second kappa shape index (κ2) is 31.6. The van der Waals surface area contributed by atoms with Crippen LogP contribution >= 0.6 is 0 Å². The summed E-state index contributed by atoms with van der Waals surface area (Å²) in [5.41, 5.74) is 12.0. The second-order valence-electron chi connectivity index (χ2n) is 12.3. The number of unbranched alkanes of at least 4 members (excludes halogenated alkanes) is 18. The molecule has 0 aromatic heterocycles. The molecule has 0 aliphatic heterocycles. The van der Waals surface area contributed by atoms with Gasteiger partial charge in [-0.2, -0.15) is 0 Å². The SMILES string of the molecule is CCCCCCCCCCCCN(C)CCCN=C(N)NC(N)=NCCCN(C)CCCCCCCCCCCC. The fourth-order valence-corrected chi connectivity index (χ4v) is 5.25. The largest absolute Gasteiger partial charge is 0.370 e. The monoisotopic (exact) mass is 580 g/mol. The Kier molecular flexibility index (Phi) is 30.6. The van der Waals surface area contributed by atoms with Crippen LogP contribution in [0.25, 0.3) is 0 Å². The van der Waals surface area contributed by atoms with E-state index in [9.17, 15) is 0 Å². The highest BCUT2D eigenvalue weighted by Crippen LogP contribution is 2.12. The molecule has 0 saturated carbocycles. The molecule has 0 fully saturated rings. The predicted molar refractivity (Wildman–Crippen MR) is 184 cm³/mol. The lowest BCUT2D eigenvalue weighted by molar-refractivity contribution is 0.321. The van der Waals surface area contributed by atoms with Crippen LogP contribution in [-0.4, -0.2) is 75.1 Å². The van der Waals surface area contributed by atoms with Crippen molar-refractivity contribution in [1.82, 2.24) is 15.1 Å². The molecular weight excluding hydrogens is 506 g/mol. The first-order valence-electron chi connectivity index (χ1n) is 17.7. The van der Waals surface area contributed by atoms with Crippen molar-refractivity contribution in [2.45, 2.75) is 155 Å². The van der Waals surface area contributed by atoms with Crippen LogP contribution in [-0.2, 0) is 0 Å². The number of rotatable bonds is 30. The first kappa shape index (κ1) is 39.7. The van der Waals surface area contributed by atoms with Gasteiger partial charge in [-0.25, -0.2) is 0 Å². The van der Waals surface area contributed by atoms with Gasteiger partial charge in [0.2, 0.25) is 0 Å². The Labute approximate surface area is 256 Å². The van der Waals surface area contributed by atoms with Gasteiger partial charge < -0.3 is 21.3 Å². The number of nitrogens with one attached hydrogen (secondary N) is 1. The lowest BCUT2D eigenvalue weighted by Crippen LogP contribution is -2.42. The van der Waals surface area contributed by atoms with Gasteiger partial charge >= 0.3 is 0 Å². The molecule has 0 saturated heterocycles. The van der Waals surface area contributed by atoms with Crippen LogP contribution in [0.3, 0.4) is 0 Å². The first-order chi connectivity index (χ1) is 20.0. The summed E-state index contributed by atoms with van der Waals surface area (Å²) in [4.78, 5) is 13.6. The minimum atomic E-state index is 0.363. The third kappa shape index (κ3) is 31.4. The topological polar surface area (TPSA) is 95.3 Å². The Bertz CT molecular complexity index is 544. The normalized spacial score (nSPS) is 12.6. The maximum absolute atomic E-state index is 6.00. The summed E-state index contributed by atoms with van der Waals surface area (Å²) in [6.07, 6.45) is 29.7. The fourth-order valence-electron chi connectivity index (χ4n) is 5.25. The molecule has 0 aromatic rings. The molecule has 0 spiro atoms. The number of nitrogens with zero attached hydrogens (tertiary/aromatic N) is 4. The smallest absolute Gasteiger partial charge is 0.195 e. The van der Waals surface area contributed by atoms with Crippen molar-refractivity contribution in [1.29, 1.82) is 0 Å². The van der Waals surface area contributed by atoms with Crippen LogP contribution in [0.4, 0.5) is 0 Å². The molecule has 0 unspecified atom stereocenters. The molecule has 0 rings (SSSR count). The summed E-state index contributed by atoms with van der Waals surface area (Å²) in [5.74, 6) is 0.725. The predicted octanol–water partition coefficient (Wildman–Crippen LogP) is 7.69. The zero-order chi connectivity index (χ0) is 30.2. The molecule has 0 aliphatic carbocycles. The molecule has 0 heterocycles. The number of nitrogens with two attached hydrogens (primary N) is 2. The van der Waals surface area contributed by atoms with Crippen molar-refractivity contribution in [2.75, 3.05) is 53.4 Å². The van der Waals surface area contributed by atoms with E-state index in [1.165, 1.54) is 142 Å². The number of hydrogen-bond donors (Lipinski definition) is 3. The van der Waals surface area contributed by atoms with Gasteiger partial charge in [-0.15, -0.1) is 0 Å². The molecule has 0 atom stereocenters. The van der Waals surface area contributed by atoms with Gasteiger partial charge in [0.1, 0.15) is 0 Å². The van der Waals surface area contributed by atoms with Crippen molar-refractivity contribution in [3.8, 4) is 0 Å². The van der Waals surface area contributed by atoms with E-state index >= 15 is 0 Å². The van der Waals surface area contributed by atoms with Crippen LogP contribution in [0.1, 0.15) is 155 Å². The average molecular weight is 580 g/mol. The Morgan fingerprint density at radius 2 is 0.707 bits per heavy atom. The molecule has 0 bridgehead atoms. The summed E-state index contributed by atoms with van der Waals surface area (Å²) < 4.78 is 0. The van der Waals surface area contributed by atoms with Gasteiger partial charge in [-0.3, -0.25) is 15.3 Å². The lowest BCUT2D eigenvalue weighted by Gasteiger charge is -2.16. The third-order valence-electron chi connectivity index (χ3n) is 8.00. The molecule has 0 aliphatic rings. The maximum atomic E-state index is 6.00. The van der Waals surface area contributed by atoms with Crippen LogP contribution in [0.5, 0.6) is 0 Å². The van der Waals surface area contributed by atoms with Crippen molar-refractivity contribution in [2.24, 2.45) is 21.5 Å². The number of guanidine groups is 2. The van der Waals surface area contributed by atoms with Crippen molar-refractivity contribution in [3.63, 3.8) is 0 Å². The molecule has 0 aromatic carbocycles. The maximum Gasteiger partial charge on any atom is 0.195 e. The highest BCUT2D eigenvalue weighted by Gasteiger charge is 2.01. The van der Waals surface area contributed by atoms with Crippen LogP contribution in [0, 0.1) is 0 Å². The minimum Gasteiger partial charge on any atom is -0.370 e. The number of aliphatic imine (C=N–C) groups is 2. The van der Waals surface area contributed by atoms with Crippen LogP contribution in [0.15, 0.2) is 9.98 Å². The van der Waals surface area contributed by atoms with Gasteiger partial charge in [0.05, 0.1) is 0 Å². The lowest BCUT2D eigenvalue weighted by atomic mass is 10.1. The summed E-state index contributed by atoms with van der Waals surface area (Å²) in [6, 6.07) is 0. The first-order valence-corrected chi connectivity index (χ1v) is 17.7. The van der Waals surface area contributed by atoms with E-state index in [0.29, 0.717) is 25.0 Å². The Morgan fingerprint density at radius 1 is 0.439 bits per heavy atom. The third-order valence-corrected chi connectivity index (χ3v) is 8.00. The van der Waals surface area contributed by atoms with Crippen molar-refractivity contribution < 1.29 is 0 Å². The molecule has 0 radical (unpaired) electrons. The van der Waals surface area contributed by atoms with Gasteiger partial charge in [0.25, 0.3) is 0 Å². The van der Waals surface area contributed by atoms with E-state index in [2.05, 4.69) is 53.0 Å². The molecule has 0 amide bonds. The van der Waals surface area contributed by atoms with Crippen molar-refractivity contribution in [3.05, 3.63) is 0 Å². The Morgan fingerprint density at radius 3 is 1.02 bits per heavy atom. The quantitative estimate of drug-likeness (QED) is 0.0460. The molecule has 5 N–H and O–H groups in total. The molecular formula is C34H73N7. The van der Waals surface area contributed by atoms with E-state index in [-0.39, 0.29) is 0 Å². The van der Waals surface area contributed by atoms with Gasteiger partial charge in [0.15, 0.2) is 11.9 Å². The average Bonchev–Trinajstić information content (AvgIpc) is 2.95. The van der Waals surface area contributed by atoms with Crippen molar-refractivity contribution >= 4 is 11.9 Å². The molecule has 41 heavy (non-hydrogen) atoms. The van der Waals surface area contributed by atoms with E-state index in [0.717, 1.165) is 25.9 Å². The Hall–Kier alpha value is -1.34. The van der Waals surface area contributed by atoms with Gasteiger partial charge in [0, 0.05) is 13.1 Å². The van der Waals surface area contributed by atoms with Gasteiger partial charge in [-0.1, -0.05) is 129 Å². The highest BCUT2D eigenvalue weighted by molar-refractivity contribution is 5.96. The second-order valence-corrected chi connectivity index (χ2v) is 12.3. The Balaban J connectivity index is 3.64. The molecule has 7 heteroatoms. The molecule has 244 valence electrons. The fraction of sp³-hybridized carbons (Fsp3) is 0.941. The minimum absolute atomic E-state index is 0.363. The summed E-state index contributed by atoms with van der Waals surface area (Å²) in [6.45, 7) is 10.4. The van der Waals surface area contributed by atoms with E-state index < -0.39 is 0 Å². The van der Waals surface area contributed by atoms with E-state index in [1.54, 1.807) is 0 Å². The zero-order valence-electron chi connectivity index (χ0n) is 28.2. The highest BCUT2D eigenvalue weighted by atomic mass is 15.2. The number of hydrogen-bond acceptors (Lipinski definition) is 4. The van der Waals surface area contributed by atoms with E-state index in [4.69, 9.17) is 11.5 Å². The van der Waals surface area contributed by atoms with Crippen LogP contribution < -0.4 is 16.8 Å².